The third kappa shape index (κ3) is 4.69. The van der Waals surface area contributed by atoms with Gasteiger partial charge in [-0.15, -0.1) is 0 Å². The molecular formula is C18H19FN2O6. The molecule has 27 heavy (non-hydrogen) atoms. The van der Waals surface area contributed by atoms with Crippen molar-refractivity contribution in [3.8, 4) is 0 Å². The van der Waals surface area contributed by atoms with E-state index in [-0.39, 0.29) is 13.0 Å². The van der Waals surface area contributed by atoms with Gasteiger partial charge in [0.05, 0.1) is 18.9 Å². The van der Waals surface area contributed by atoms with E-state index in [0.717, 1.165) is 16.3 Å². The molecule has 1 aromatic carbocycles. The van der Waals surface area contributed by atoms with Crippen molar-refractivity contribution in [1.29, 1.82) is 0 Å². The normalized spacial score (nSPS) is 21.9. The second kappa shape index (κ2) is 8.28. The number of nitrogens with zero attached hydrogens (tertiary/aromatic N) is 1. The molecule has 2 heterocycles. The Hall–Kier alpha value is -2.78. The van der Waals surface area contributed by atoms with Crippen molar-refractivity contribution < 1.29 is 23.4 Å². The zero-order chi connectivity index (χ0) is 19.4. The van der Waals surface area contributed by atoms with Crippen LogP contribution in [0.2, 0.25) is 0 Å². The molecule has 1 aliphatic rings. The smallest absolute Gasteiger partial charge is 0.330 e. The number of ether oxygens (including phenoxy) is 3. The van der Waals surface area contributed by atoms with Crippen LogP contribution in [0.3, 0.4) is 0 Å². The summed E-state index contributed by atoms with van der Waals surface area (Å²) in [6, 6.07) is 9.45. The van der Waals surface area contributed by atoms with Crippen LogP contribution in [0.15, 0.2) is 46.1 Å². The highest BCUT2D eigenvalue weighted by Crippen LogP contribution is 2.30. The maximum absolute atomic E-state index is 13.6. The molecule has 144 valence electrons. The Morgan fingerprint density at radius 2 is 2.07 bits per heavy atom. The lowest BCUT2D eigenvalue weighted by Crippen LogP contribution is -2.34. The van der Waals surface area contributed by atoms with Gasteiger partial charge < -0.3 is 14.2 Å². The van der Waals surface area contributed by atoms with Crippen LogP contribution in [0, 0.1) is 5.82 Å². The summed E-state index contributed by atoms with van der Waals surface area (Å²) in [5.41, 5.74) is -0.941. The molecule has 1 aromatic heterocycles. The minimum atomic E-state index is -1.09. The van der Waals surface area contributed by atoms with Crippen molar-refractivity contribution in [2.75, 3.05) is 6.61 Å². The number of rotatable bonds is 6. The Balaban J connectivity index is 1.76. The number of halogens is 1. The number of esters is 1. The topological polar surface area (TPSA) is 99.6 Å². The Kier molecular flexibility index (Phi) is 5.82. The first-order chi connectivity index (χ1) is 12.9. The highest BCUT2D eigenvalue weighted by molar-refractivity contribution is 5.65. The Labute approximate surface area is 153 Å². The number of hydrogen-bond donors (Lipinski definition) is 1. The van der Waals surface area contributed by atoms with Gasteiger partial charge in [-0.25, -0.2) is 4.79 Å². The maximum atomic E-state index is 13.6. The Morgan fingerprint density at radius 3 is 2.78 bits per heavy atom. The highest BCUT2D eigenvalue weighted by Gasteiger charge is 2.38. The Bertz CT molecular complexity index is 910. The van der Waals surface area contributed by atoms with Crippen molar-refractivity contribution in [3.05, 3.63) is 68.7 Å². The molecule has 9 heteroatoms. The van der Waals surface area contributed by atoms with Crippen molar-refractivity contribution >= 4 is 5.97 Å². The zero-order valence-corrected chi connectivity index (χ0v) is 14.6. The monoisotopic (exact) mass is 378 g/mol. The largest absolute Gasteiger partial charge is 0.463 e. The quantitative estimate of drug-likeness (QED) is 0.756. The van der Waals surface area contributed by atoms with Crippen LogP contribution in [-0.2, 0) is 25.6 Å². The highest BCUT2D eigenvalue weighted by atomic mass is 19.1. The lowest BCUT2D eigenvalue weighted by atomic mass is 10.1. The van der Waals surface area contributed by atoms with Gasteiger partial charge in [0, 0.05) is 13.3 Å². The third-order valence-corrected chi connectivity index (χ3v) is 4.17. The average molecular weight is 378 g/mol. The van der Waals surface area contributed by atoms with Gasteiger partial charge in [-0.1, -0.05) is 30.3 Å². The summed E-state index contributed by atoms with van der Waals surface area (Å²) in [6.07, 6.45) is -0.954. The molecule has 1 N–H and O–H groups in total. The minimum absolute atomic E-state index is 0.0636. The predicted octanol–water partition coefficient (Wildman–Crippen LogP) is 1.11. The molecule has 0 amide bonds. The fourth-order valence-electron chi connectivity index (χ4n) is 2.85. The molecule has 0 bridgehead atoms. The van der Waals surface area contributed by atoms with E-state index in [1.54, 1.807) is 0 Å². The second-order valence-electron chi connectivity index (χ2n) is 6.15. The van der Waals surface area contributed by atoms with E-state index in [4.69, 9.17) is 14.2 Å². The number of carbonyl (C=O) groups excluding carboxylic acids is 1. The minimum Gasteiger partial charge on any atom is -0.463 e. The number of benzene rings is 1. The van der Waals surface area contributed by atoms with Gasteiger partial charge >= 0.3 is 11.7 Å². The van der Waals surface area contributed by atoms with Crippen LogP contribution < -0.4 is 11.2 Å². The maximum Gasteiger partial charge on any atom is 0.330 e. The van der Waals surface area contributed by atoms with Gasteiger partial charge in [0.1, 0.15) is 18.9 Å². The third-order valence-electron chi connectivity index (χ3n) is 4.17. The van der Waals surface area contributed by atoms with Gasteiger partial charge in [0.15, 0.2) is 0 Å². The number of hydrogen-bond acceptors (Lipinski definition) is 6. The van der Waals surface area contributed by atoms with Crippen molar-refractivity contribution in [3.63, 3.8) is 0 Å². The number of nitrogens with one attached hydrogen (secondary N) is 1. The first-order valence-electron chi connectivity index (χ1n) is 8.39. The van der Waals surface area contributed by atoms with E-state index in [9.17, 15) is 18.8 Å². The van der Waals surface area contributed by atoms with Gasteiger partial charge in [-0.3, -0.25) is 19.1 Å². The van der Waals surface area contributed by atoms with Crippen molar-refractivity contribution in [2.45, 2.75) is 38.4 Å². The van der Waals surface area contributed by atoms with Crippen LogP contribution in [-0.4, -0.2) is 34.3 Å². The summed E-state index contributed by atoms with van der Waals surface area (Å²) in [4.78, 5) is 36.2. The van der Waals surface area contributed by atoms with Gasteiger partial charge in [0.25, 0.3) is 5.56 Å². The molecule has 0 aliphatic carbocycles. The lowest BCUT2D eigenvalue weighted by molar-refractivity contribution is -0.148. The predicted molar refractivity (Wildman–Crippen MR) is 91.5 cm³/mol. The van der Waals surface area contributed by atoms with Crippen LogP contribution >= 0.6 is 0 Å². The molecule has 3 rings (SSSR count). The van der Waals surface area contributed by atoms with Crippen LogP contribution in [0.5, 0.6) is 0 Å². The molecule has 0 spiro atoms. The average Bonchev–Trinajstić information content (AvgIpc) is 3.05. The summed E-state index contributed by atoms with van der Waals surface area (Å²) < 4.78 is 31.2. The number of carbonyl (C=O) groups is 1. The number of H-pyrrole nitrogens is 1. The molecule has 1 aliphatic heterocycles. The van der Waals surface area contributed by atoms with E-state index in [1.165, 1.54) is 6.92 Å². The van der Waals surface area contributed by atoms with E-state index in [1.807, 2.05) is 35.3 Å². The summed E-state index contributed by atoms with van der Waals surface area (Å²) in [5, 5.41) is 0. The molecule has 0 radical (unpaired) electrons. The first-order valence-corrected chi connectivity index (χ1v) is 8.39. The van der Waals surface area contributed by atoms with Crippen LogP contribution in [0.25, 0.3) is 0 Å². The zero-order valence-electron chi connectivity index (χ0n) is 14.6. The molecular weight excluding hydrogens is 359 g/mol. The van der Waals surface area contributed by atoms with E-state index < -0.39 is 41.5 Å². The molecule has 0 unspecified atom stereocenters. The Morgan fingerprint density at radius 1 is 1.33 bits per heavy atom. The number of aromatic amines is 1. The van der Waals surface area contributed by atoms with Gasteiger partial charge in [0.2, 0.25) is 5.82 Å². The number of aromatic nitrogens is 2. The molecule has 2 aromatic rings. The lowest BCUT2D eigenvalue weighted by Gasteiger charge is -2.18. The standard InChI is InChI=1S/C18H19FN2O6/c1-11(22)25-10-15-14(26-9-12-5-3-2-4-6-12)7-16(27-15)21-8-13(19)17(23)20-18(21)24/h2-6,8,14-16H,7,9-10H2,1H3,(H,20,23,24)/t14-,15+,16+/m0/s1. The molecule has 0 saturated carbocycles. The molecule has 8 nitrogen and oxygen atoms in total. The van der Waals surface area contributed by atoms with Crippen molar-refractivity contribution in [2.24, 2.45) is 0 Å². The second-order valence-corrected chi connectivity index (χ2v) is 6.15. The SMILES string of the molecule is CC(=O)OC[C@H]1O[C@@H](n2cc(F)c(=O)[nH]c2=O)C[C@@H]1OCc1ccccc1. The van der Waals surface area contributed by atoms with E-state index >= 15 is 0 Å². The van der Waals surface area contributed by atoms with Gasteiger partial charge in [-0.2, -0.15) is 4.39 Å². The van der Waals surface area contributed by atoms with Crippen molar-refractivity contribution in [1.82, 2.24) is 9.55 Å². The van der Waals surface area contributed by atoms with Crippen LogP contribution in [0.4, 0.5) is 4.39 Å². The van der Waals surface area contributed by atoms with E-state index in [2.05, 4.69) is 0 Å². The van der Waals surface area contributed by atoms with E-state index in [0.29, 0.717) is 6.61 Å². The first kappa shape index (κ1) is 19.0. The summed E-state index contributed by atoms with van der Waals surface area (Å²) in [6.45, 7) is 1.51. The summed E-state index contributed by atoms with van der Waals surface area (Å²) in [5.74, 6) is -1.57. The summed E-state index contributed by atoms with van der Waals surface area (Å²) >= 11 is 0. The molecule has 3 atom stereocenters. The van der Waals surface area contributed by atoms with Crippen LogP contribution in [0.1, 0.15) is 25.1 Å². The fourth-order valence-corrected chi connectivity index (χ4v) is 2.85. The summed E-state index contributed by atoms with van der Waals surface area (Å²) in [7, 11) is 0. The molecule has 1 fully saturated rings. The van der Waals surface area contributed by atoms with Gasteiger partial charge in [-0.05, 0) is 5.56 Å². The molecule has 1 saturated heterocycles. The fraction of sp³-hybridized carbons (Fsp3) is 0.389.